The lowest BCUT2D eigenvalue weighted by atomic mass is 9.78. The van der Waals surface area contributed by atoms with Gasteiger partial charge in [0.1, 0.15) is 29.2 Å². The molecule has 9 nitrogen and oxygen atoms in total. The van der Waals surface area contributed by atoms with Crippen molar-refractivity contribution in [3.05, 3.63) is 23.3 Å². The van der Waals surface area contributed by atoms with E-state index in [0.29, 0.717) is 18.3 Å². The largest absolute Gasteiger partial charge is 0.535 e. The Morgan fingerprint density at radius 2 is 2.12 bits per heavy atom. The molecular formula is C16H21BN2O7. The number of aliphatic hydroxyl groups is 1. The van der Waals surface area contributed by atoms with Crippen LogP contribution in [0.3, 0.4) is 0 Å². The second-order valence-electron chi connectivity index (χ2n) is 6.59. The van der Waals surface area contributed by atoms with E-state index in [9.17, 15) is 24.8 Å². The number of carboxylic acid groups (broad SMARTS) is 1. The first-order valence-corrected chi connectivity index (χ1v) is 8.41. The minimum Gasteiger partial charge on any atom is -0.535 e. The van der Waals surface area contributed by atoms with Crippen molar-refractivity contribution in [3.63, 3.8) is 0 Å². The second kappa shape index (κ2) is 7.14. The predicted molar refractivity (Wildman–Crippen MR) is 91.2 cm³/mol. The summed E-state index contributed by atoms with van der Waals surface area (Å²) < 4.78 is 11.0. The van der Waals surface area contributed by atoms with Gasteiger partial charge in [0, 0.05) is 0 Å². The van der Waals surface area contributed by atoms with E-state index in [-0.39, 0.29) is 42.2 Å². The highest BCUT2D eigenvalue weighted by molar-refractivity contribution is 6.44. The minimum atomic E-state index is -1.21. The average Bonchev–Trinajstić information content (AvgIpc) is 2.55. The molecule has 0 aliphatic carbocycles. The number of aryl methyl sites for hydroxylation is 1. The zero-order valence-corrected chi connectivity index (χ0v) is 14.3. The van der Waals surface area contributed by atoms with Crippen LogP contribution < -0.4 is 15.1 Å². The van der Waals surface area contributed by atoms with Crippen LogP contribution in [-0.4, -0.2) is 70.5 Å². The first-order valence-electron chi connectivity index (χ1n) is 8.41. The number of benzene rings is 1. The third-order valence-electron chi connectivity index (χ3n) is 4.59. The number of fused-ring (bicyclic) bond motifs is 1. The van der Waals surface area contributed by atoms with Crippen molar-refractivity contribution >= 4 is 19.0 Å². The number of nitrogens with zero attached hydrogens (tertiary/aromatic N) is 1. The molecule has 10 heteroatoms. The maximum atomic E-state index is 12.0. The Hall–Kier alpha value is -2.30. The zero-order valence-electron chi connectivity index (χ0n) is 14.3. The van der Waals surface area contributed by atoms with Gasteiger partial charge in [-0.05, 0) is 31.3 Å². The monoisotopic (exact) mass is 364 g/mol. The summed E-state index contributed by atoms with van der Waals surface area (Å²) in [5, 5.41) is 28.6. The standard InChI is InChI=1S/C16H21BN2O7/c1-8(20)13(18)15(21)19-6-10(7-19)25-11-3-2-9-4-5-17(24)26-14(9)12(11)16(22)23/h2-3,8,10,13,20,24H,4-7,18H2,1H3,(H,22,23)/t8-,13+/m0/s1. The highest BCUT2D eigenvalue weighted by Gasteiger charge is 2.37. The van der Waals surface area contributed by atoms with E-state index in [1.165, 1.54) is 11.8 Å². The van der Waals surface area contributed by atoms with Gasteiger partial charge in [-0.25, -0.2) is 4.79 Å². The van der Waals surface area contributed by atoms with Crippen LogP contribution in [0.5, 0.6) is 11.5 Å². The van der Waals surface area contributed by atoms with Crippen molar-refractivity contribution in [2.75, 3.05) is 13.1 Å². The molecule has 2 aliphatic heterocycles. The van der Waals surface area contributed by atoms with Gasteiger partial charge in [-0.1, -0.05) is 6.07 Å². The summed E-state index contributed by atoms with van der Waals surface area (Å²) in [6, 6.07) is 2.28. The molecule has 2 aliphatic rings. The molecule has 1 amide bonds. The van der Waals surface area contributed by atoms with Crippen molar-refractivity contribution in [3.8, 4) is 11.5 Å². The molecule has 3 rings (SSSR count). The summed E-state index contributed by atoms with van der Waals surface area (Å²) >= 11 is 0. The number of aromatic carboxylic acids is 1. The van der Waals surface area contributed by atoms with Gasteiger partial charge in [0.05, 0.1) is 19.2 Å². The fraction of sp³-hybridized carbons (Fsp3) is 0.500. The number of carbonyl (C=O) groups excluding carboxylic acids is 1. The lowest BCUT2D eigenvalue weighted by molar-refractivity contribution is -0.143. The predicted octanol–water partition coefficient (Wildman–Crippen LogP) is -0.902. The molecule has 1 fully saturated rings. The minimum absolute atomic E-state index is 0.122. The van der Waals surface area contributed by atoms with E-state index in [2.05, 4.69) is 0 Å². The van der Waals surface area contributed by atoms with Gasteiger partial charge in [-0.15, -0.1) is 0 Å². The number of likely N-dealkylation sites (tertiary alicyclic amines) is 1. The Labute approximate surface area is 150 Å². The lowest BCUT2D eigenvalue weighted by Gasteiger charge is -2.40. The molecule has 0 bridgehead atoms. The first-order chi connectivity index (χ1) is 12.3. The van der Waals surface area contributed by atoms with Crippen LogP contribution in [0, 0.1) is 0 Å². The maximum Gasteiger partial charge on any atom is 0.522 e. The molecule has 1 aromatic rings. The number of aliphatic hydroxyl groups excluding tert-OH is 1. The molecule has 1 aromatic carbocycles. The molecule has 1 saturated heterocycles. The number of carbonyl (C=O) groups is 2. The number of hydrogen-bond acceptors (Lipinski definition) is 7. The van der Waals surface area contributed by atoms with Crippen molar-refractivity contribution < 1.29 is 34.2 Å². The van der Waals surface area contributed by atoms with Crippen LogP contribution in [-0.2, 0) is 11.2 Å². The van der Waals surface area contributed by atoms with Gasteiger partial charge in [-0.2, -0.15) is 0 Å². The summed E-state index contributed by atoms with van der Waals surface area (Å²) in [7, 11) is -1.05. The van der Waals surface area contributed by atoms with E-state index in [1.807, 2.05) is 0 Å². The summed E-state index contributed by atoms with van der Waals surface area (Å²) in [6.07, 6.45) is -0.426. The molecule has 2 heterocycles. The smallest absolute Gasteiger partial charge is 0.522 e. The Kier molecular flexibility index (Phi) is 5.08. The van der Waals surface area contributed by atoms with Crippen LogP contribution >= 0.6 is 0 Å². The summed E-state index contributed by atoms with van der Waals surface area (Å²) in [6.45, 7) is 1.94. The normalized spacial score (nSPS) is 19.1. The highest BCUT2D eigenvalue weighted by atomic mass is 16.5. The summed E-state index contributed by atoms with van der Waals surface area (Å²) in [5.74, 6) is -1.34. The molecule has 0 saturated carbocycles. The molecule has 0 aromatic heterocycles. The third kappa shape index (κ3) is 3.48. The third-order valence-corrected chi connectivity index (χ3v) is 4.59. The second-order valence-corrected chi connectivity index (χ2v) is 6.59. The van der Waals surface area contributed by atoms with Crippen LogP contribution in [0.15, 0.2) is 12.1 Å². The number of ether oxygens (including phenoxy) is 1. The summed E-state index contributed by atoms with van der Waals surface area (Å²) in [5.41, 5.74) is 6.19. The van der Waals surface area contributed by atoms with Crippen molar-refractivity contribution in [1.29, 1.82) is 0 Å². The lowest BCUT2D eigenvalue weighted by Crippen LogP contribution is -2.61. The van der Waals surface area contributed by atoms with Gasteiger partial charge in [0.25, 0.3) is 0 Å². The van der Waals surface area contributed by atoms with E-state index in [4.69, 9.17) is 15.1 Å². The number of rotatable bonds is 5. The number of nitrogens with two attached hydrogens (primary N) is 1. The summed E-state index contributed by atoms with van der Waals surface area (Å²) in [4.78, 5) is 25.1. The number of hydrogen-bond donors (Lipinski definition) is 4. The van der Waals surface area contributed by atoms with E-state index in [1.54, 1.807) is 12.1 Å². The SMILES string of the molecule is C[C@H](O)[C@@H](N)C(=O)N1CC(Oc2ccc3c(c2C(=O)O)OB(O)CC3)C1. The molecule has 26 heavy (non-hydrogen) atoms. The van der Waals surface area contributed by atoms with E-state index < -0.39 is 25.2 Å². The Bertz CT molecular complexity index is 721. The average molecular weight is 364 g/mol. The van der Waals surface area contributed by atoms with Crippen molar-refractivity contribution in [1.82, 2.24) is 4.90 Å². The molecule has 0 radical (unpaired) electrons. The van der Waals surface area contributed by atoms with E-state index in [0.717, 1.165) is 0 Å². The van der Waals surface area contributed by atoms with Gasteiger partial charge < -0.3 is 35.3 Å². The Morgan fingerprint density at radius 3 is 2.73 bits per heavy atom. The van der Waals surface area contributed by atoms with Crippen LogP contribution in [0.1, 0.15) is 22.8 Å². The fourth-order valence-corrected chi connectivity index (χ4v) is 3.00. The van der Waals surface area contributed by atoms with Crippen LogP contribution in [0.4, 0.5) is 0 Å². The van der Waals surface area contributed by atoms with Gasteiger partial charge in [0.2, 0.25) is 5.91 Å². The van der Waals surface area contributed by atoms with Gasteiger partial charge >= 0.3 is 13.1 Å². The number of amides is 1. The number of carboxylic acids is 1. The molecule has 5 N–H and O–H groups in total. The highest BCUT2D eigenvalue weighted by Crippen LogP contribution is 2.37. The molecule has 140 valence electrons. The van der Waals surface area contributed by atoms with E-state index >= 15 is 0 Å². The Balaban J connectivity index is 1.71. The Morgan fingerprint density at radius 1 is 1.42 bits per heavy atom. The fourth-order valence-electron chi connectivity index (χ4n) is 3.00. The van der Waals surface area contributed by atoms with Crippen LogP contribution in [0.25, 0.3) is 0 Å². The van der Waals surface area contributed by atoms with Crippen molar-refractivity contribution in [2.45, 2.75) is 37.9 Å². The van der Waals surface area contributed by atoms with Gasteiger partial charge in [0.15, 0.2) is 0 Å². The zero-order chi connectivity index (χ0) is 19.0. The molecule has 2 atom stereocenters. The first kappa shape index (κ1) is 18.5. The maximum absolute atomic E-state index is 12.0. The topological polar surface area (TPSA) is 143 Å². The molecular weight excluding hydrogens is 343 g/mol. The van der Waals surface area contributed by atoms with Gasteiger partial charge in [-0.3, -0.25) is 4.79 Å². The van der Waals surface area contributed by atoms with Crippen LogP contribution in [0.2, 0.25) is 6.32 Å². The molecule has 0 unspecified atom stereocenters. The quantitative estimate of drug-likeness (QED) is 0.492. The van der Waals surface area contributed by atoms with Crippen molar-refractivity contribution in [2.24, 2.45) is 5.73 Å². The molecule has 0 spiro atoms.